The minimum absolute atomic E-state index is 0.106. The van der Waals surface area contributed by atoms with E-state index in [0.717, 1.165) is 16.8 Å². The van der Waals surface area contributed by atoms with Crippen molar-refractivity contribution in [3.8, 4) is 11.6 Å². The van der Waals surface area contributed by atoms with Crippen molar-refractivity contribution in [1.82, 2.24) is 9.78 Å². The minimum Gasteiger partial charge on any atom is -0.491 e. The van der Waals surface area contributed by atoms with Gasteiger partial charge in [-0.1, -0.05) is 6.07 Å². The van der Waals surface area contributed by atoms with Crippen LogP contribution < -0.4 is 15.0 Å². The molecule has 2 rings (SSSR count). The summed E-state index contributed by atoms with van der Waals surface area (Å²) in [7, 11) is 2.75. The maximum Gasteiger partial charge on any atom is 0.274 e. The molecule has 1 aromatic heterocycles. The molecule has 0 radical (unpaired) electrons. The van der Waals surface area contributed by atoms with Gasteiger partial charge in [-0.2, -0.15) is 0 Å². The van der Waals surface area contributed by atoms with Crippen LogP contribution >= 0.6 is 0 Å². The highest BCUT2D eigenvalue weighted by Crippen LogP contribution is 2.20. The van der Waals surface area contributed by atoms with E-state index < -0.39 is 17.2 Å². The van der Waals surface area contributed by atoms with Crippen molar-refractivity contribution >= 4 is 0 Å². The van der Waals surface area contributed by atoms with Gasteiger partial charge in [0, 0.05) is 11.6 Å². The van der Waals surface area contributed by atoms with Gasteiger partial charge in [-0.05, 0) is 6.07 Å². The second-order valence-electron chi connectivity index (χ2n) is 3.95. The quantitative estimate of drug-likeness (QED) is 0.854. The summed E-state index contributed by atoms with van der Waals surface area (Å²) in [6.45, 7) is -0.134. The third-order valence-electron chi connectivity index (χ3n) is 2.68. The summed E-state index contributed by atoms with van der Waals surface area (Å²) in [5.74, 6) is -1.13. The molecule has 0 amide bonds. The third-order valence-corrected chi connectivity index (χ3v) is 2.68. The lowest BCUT2D eigenvalue weighted by Crippen LogP contribution is -2.24. The van der Waals surface area contributed by atoms with Crippen molar-refractivity contribution in [1.29, 1.82) is 0 Å². The summed E-state index contributed by atoms with van der Waals surface area (Å²) in [6.07, 6.45) is 0. The van der Waals surface area contributed by atoms with Gasteiger partial charge in [0.2, 0.25) is 0 Å². The fraction of sp³-hybridized carbons (Fsp3) is 0.231. The lowest BCUT2D eigenvalue weighted by atomic mass is 10.2. The molecule has 106 valence electrons. The smallest absolute Gasteiger partial charge is 0.274 e. The van der Waals surface area contributed by atoms with Gasteiger partial charge in [0.1, 0.15) is 11.6 Å². The van der Waals surface area contributed by atoms with Crippen LogP contribution in [-0.4, -0.2) is 24.0 Å². The van der Waals surface area contributed by atoms with E-state index in [2.05, 4.69) is 5.10 Å². The number of aromatic nitrogens is 2. The van der Waals surface area contributed by atoms with Crippen LogP contribution in [0, 0.1) is 11.6 Å². The van der Waals surface area contributed by atoms with Crippen LogP contribution in [0.15, 0.2) is 29.1 Å². The van der Waals surface area contributed by atoms with E-state index in [1.165, 1.54) is 26.4 Å². The molecule has 7 heteroatoms. The van der Waals surface area contributed by atoms with Crippen molar-refractivity contribution < 1.29 is 18.3 Å². The van der Waals surface area contributed by atoms with E-state index in [9.17, 15) is 13.6 Å². The van der Waals surface area contributed by atoms with Crippen LogP contribution in [0.2, 0.25) is 0 Å². The zero-order valence-electron chi connectivity index (χ0n) is 10.9. The highest BCUT2D eigenvalue weighted by atomic mass is 19.1. The molecule has 1 aromatic carbocycles. The van der Waals surface area contributed by atoms with Gasteiger partial charge in [-0.25, -0.2) is 13.5 Å². The van der Waals surface area contributed by atoms with Gasteiger partial charge in [0.15, 0.2) is 5.75 Å². The van der Waals surface area contributed by atoms with Crippen molar-refractivity contribution in [3.63, 3.8) is 0 Å². The maximum absolute atomic E-state index is 13.6. The normalized spacial score (nSPS) is 10.4. The van der Waals surface area contributed by atoms with E-state index in [4.69, 9.17) is 9.47 Å². The van der Waals surface area contributed by atoms with Crippen molar-refractivity contribution in [2.45, 2.75) is 6.54 Å². The van der Waals surface area contributed by atoms with Gasteiger partial charge in [-0.3, -0.25) is 4.79 Å². The Morgan fingerprint density at radius 3 is 2.55 bits per heavy atom. The second-order valence-corrected chi connectivity index (χ2v) is 3.95. The second kappa shape index (κ2) is 5.68. The van der Waals surface area contributed by atoms with Gasteiger partial charge in [0.25, 0.3) is 11.4 Å². The Morgan fingerprint density at radius 1 is 1.20 bits per heavy atom. The molecule has 0 N–H and O–H groups in total. The summed E-state index contributed by atoms with van der Waals surface area (Å²) in [4.78, 5) is 11.8. The Kier molecular flexibility index (Phi) is 3.97. The molecule has 0 unspecified atom stereocenters. The first kappa shape index (κ1) is 14.0. The molecule has 20 heavy (non-hydrogen) atoms. The molecule has 0 bridgehead atoms. The summed E-state index contributed by atoms with van der Waals surface area (Å²) < 4.78 is 37.3. The lowest BCUT2D eigenvalue weighted by Gasteiger charge is -2.10. The fourth-order valence-electron chi connectivity index (χ4n) is 1.67. The van der Waals surface area contributed by atoms with Gasteiger partial charge >= 0.3 is 0 Å². The molecule has 0 aliphatic carbocycles. The minimum atomic E-state index is -0.742. The van der Waals surface area contributed by atoms with E-state index in [0.29, 0.717) is 0 Å². The number of ether oxygens (including phenoxy) is 2. The summed E-state index contributed by atoms with van der Waals surface area (Å²) >= 11 is 0. The monoisotopic (exact) mass is 282 g/mol. The summed E-state index contributed by atoms with van der Waals surface area (Å²) in [5.41, 5.74) is -0.334. The van der Waals surface area contributed by atoms with E-state index in [1.807, 2.05) is 0 Å². The van der Waals surface area contributed by atoms with E-state index in [-0.39, 0.29) is 23.7 Å². The SMILES string of the molecule is COc1cc(=O)n(Cc2ccc(F)cc2F)nc1OC. The number of hydrogen-bond donors (Lipinski definition) is 0. The third kappa shape index (κ3) is 2.76. The average Bonchev–Trinajstić information content (AvgIpc) is 2.43. The maximum atomic E-state index is 13.6. The molecular weight excluding hydrogens is 270 g/mol. The molecule has 0 atom stereocenters. The zero-order valence-corrected chi connectivity index (χ0v) is 10.9. The van der Waals surface area contributed by atoms with Crippen LogP contribution in [0.4, 0.5) is 8.78 Å². The largest absolute Gasteiger partial charge is 0.491 e. The molecule has 0 saturated carbocycles. The highest BCUT2D eigenvalue weighted by Gasteiger charge is 2.12. The molecule has 5 nitrogen and oxygen atoms in total. The van der Waals surface area contributed by atoms with Crippen LogP contribution in [-0.2, 0) is 6.54 Å². The molecular formula is C13H12F2N2O3. The predicted molar refractivity (Wildman–Crippen MR) is 67.1 cm³/mol. The highest BCUT2D eigenvalue weighted by molar-refractivity contribution is 5.31. The topological polar surface area (TPSA) is 53.4 Å². The van der Waals surface area contributed by atoms with Crippen molar-refractivity contribution in [2.24, 2.45) is 0 Å². The number of benzene rings is 1. The van der Waals surface area contributed by atoms with E-state index >= 15 is 0 Å². The number of methoxy groups -OCH3 is 2. The number of halogens is 2. The Morgan fingerprint density at radius 2 is 1.95 bits per heavy atom. The summed E-state index contributed by atoms with van der Waals surface area (Å²) in [6, 6.07) is 4.31. The zero-order chi connectivity index (χ0) is 14.7. The van der Waals surface area contributed by atoms with Crippen LogP contribution in [0.25, 0.3) is 0 Å². The standard InChI is InChI=1S/C13H12F2N2O3/c1-19-11-6-12(18)17(16-13(11)20-2)7-8-3-4-9(14)5-10(8)15/h3-6H,7H2,1-2H3. The van der Waals surface area contributed by atoms with Crippen LogP contribution in [0.5, 0.6) is 11.6 Å². The molecule has 2 aromatic rings. The van der Waals surface area contributed by atoms with Crippen LogP contribution in [0.1, 0.15) is 5.56 Å². The van der Waals surface area contributed by atoms with Gasteiger partial charge in [0.05, 0.1) is 26.8 Å². The van der Waals surface area contributed by atoms with Gasteiger partial charge < -0.3 is 9.47 Å². The Labute approximate surface area is 113 Å². The number of hydrogen-bond acceptors (Lipinski definition) is 4. The number of nitrogens with zero attached hydrogens (tertiary/aromatic N) is 2. The number of rotatable bonds is 4. The molecule has 0 saturated heterocycles. The molecule has 0 aliphatic heterocycles. The van der Waals surface area contributed by atoms with Gasteiger partial charge in [-0.15, -0.1) is 5.10 Å². The fourth-order valence-corrected chi connectivity index (χ4v) is 1.67. The van der Waals surface area contributed by atoms with Crippen molar-refractivity contribution in [2.75, 3.05) is 14.2 Å². The average molecular weight is 282 g/mol. The van der Waals surface area contributed by atoms with E-state index in [1.54, 1.807) is 0 Å². The molecule has 0 fully saturated rings. The lowest BCUT2D eigenvalue weighted by molar-refractivity contribution is 0.328. The Bertz CT molecular complexity index is 686. The molecule has 0 spiro atoms. The predicted octanol–water partition coefficient (Wildman–Crippen LogP) is 1.59. The Hall–Kier alpha value is -2.44. The summed E-state index contributed by atoms with van der Waals surface area (Å²) in [5, 5.41) is 3.92. The molecule has 1 heterocycles. The molecule has 0 aliphatic rings. The van der Waals surface area contributed by atoms with Crippen LogP contribution in [0.3, 0.4) is 0 Å². The first-order valence-electron chi connectivity index (χ1n) is 5.69. The first-order valence-corrected chi connectivity index (χ1v) is 5.69. The Balaban J connectivity index is 2.41. The van der Waals surface area contributed by atoms with Crippen molar-refractivity contribution in [3.05, 3.63) is 51.8 Å². The first-order chi connectivity index (χ1) is 9.55.